The highest BCUT2D eigenvalue weighted by molar-refractivity contribution is 7.21. The fourth-order valence-corrected chi connectivity index (χ4v) is 6.14. The number of thiazole rings is 1. The molecule has 2 atom stereocenters. The number of rotatable bonds is 5. The van der Waals surface area contributed by atoms with Crippen LogP contribution < -0.4 is 5.32 Å². The maximum absolute atomic E-state index is 14.0. The second kappa shape index (κ2) is 8.75. The molecule has 1 N–H and O–H groups in total. The second-order valence-electron chi connectivity index (χ2n) is 9.58. The summed E-state index contributed by atoms with van der Waals surface area (Å²) in [4.78, 5) is 30.2. The van der Waals surface area contributed by atoms with E-state index in [1.165, 1.54) is 10.9 Å². The molecule has 0 radical (unpaired) electrons. The van der Waals surface area contributed by atoms with Crippen molar-refractivity contribution in [3.05, 3.63) is 53.7 Å². The summed E-state index contributed by atoms with van der Waals surface area (Å²) in [5, 5.41) is 12.1. The van der Waals surface area contributed by atoms with Crippen molar-refractivity contribution in [1.29, 1.82) is 0 Å². The first-order valence-corrected chi connectivity index (χ1v) is 12.8. The van der Waals surface area contributed by atoms with Gasteiger partial charge in [-0.3, -0.25) is 4.79 Å². The van der Waals surface area contributed by atoms with Crippen LogP contribution in [0.1, 0.15) is 41.6 Å². The molecular weight excluding hydrogens is 505 g/mol. The number of hydrogen-bond acceptors (Lipinski definition) is 8. The third kappa shape index (κ3) is 4.20. The highest BCUT2D eigenvalue weighted by atomic mass is 32.1. The van der Waals surface area contributed by atoms with E-state index in [1.807, 2.05) is 17.9 Å². The van der Waals surface area contributed by atoms with Crippen LogP contribution in [-0.4, -0.2) is 59.4 Å². The Morgan fingerprint density at radius 2 is 1.86 bits per heavy atom. The molecule has 4 aromatic heterocycles. The molecule has 0 spiro atoms. The molecule has 1 amide bonds. The number of nitrogens with one attached hydrogen (secondary N) is 1. The third-order valence-electron chi connectivity index (χ3n) is 7.34. The normalized spacial score (nSPS) is 23.2. The van der Waals surface area contributed by atoms with E-state index < -0.39 is 11.9 Å². The molecule has 0 aromatic carbocycles. The van der Waals surface area contributed by atoms with E-state index in [4.69, 9.17) is 0 Å². The number of halogens is 3. The summed E-state index contributed by atoms with van der Waals surface area (Å²) in [6, 6.07) is 5.84. The lowest BCUT2D eigenvalue weighted by Crippen LogP contribution is -2.64. The SMILES string of the molecule is Cc1ccc(-n2nccn2)c(C(=O)N2C3CC(C3)C(C)C2CNc2nc3ccc(C(F)(F)F)nc3s2)n1. The zero-order valence-corrected chi connectivity index (χ0v) is 20.8. The molecule has 2 unspecified atom stereocenters. The Kier molecular flexibility index (Phi) is 5.62. The van der Waals surface area contributed by atoms with Crippen molar-refractivity contribution in [2.45, 2.75) is 44.9 Å². The molecule has 4 aromatic rings. The summed E-state index contributed by atoms with van der Waals surface area (Å²) < 4.78 is 39.2. The number of nitrogens with zero attached hydrogens (tertiary/aromatic N) is 7. The first kappa shape index (κ1) is 23.8. The summed E-state index contributed by atoms with van der Waals surface area (Å²) in [6.07, 6.45) is 0.459. The molecule has 37 heavy (non-hydrogen) atoms. The van der Waals surface area contributed by atoms with Gasteiger partial charge in [-0.15, -0.1) is 4.80 Å². The van der Waals surface area contributed by atoms with Crippen molar-refractivity contribution in [2.24, 2.45) is 11.8 Å². The highest BCUT2D eigenvalue weighted by Gasteiger charge is 2.51. The Balaban J connectivity index is 1.28. The minimum atomic E-state index is -4.51. The van der Waals surface area contributed by atoms with Gasteiger partial charge in [0, 0.05) is 18.3 Å². The van der Waals surface area contributed by atoms with E-state index >= 15 is 0 Å². The van der Waals surface area contributed by atoms with Crippen molar-refractivity contribution in [3.63, 3.8) is 0 Å². The van der Waals surface area contributed by atoms with Crippen LogP contribution in [0.25, 0.3) is 16.0 Å². The van der Waals surface area contributed by atoms with Gasteiger partial charge in [-0.05, 0) is 55.9 Å². The van der Waals surface area contributed by atoms with E-state index in [-0.39, 0.29) is 28.7 Å². The molecule has 6 heterocycles. The van der Waals surface area contributed by atoms with Crippen molar-refractivity contribution < 1.29 is 18.0 Å². The minimum absolute atomic E-state index is 0.104. The molecular formula is C24H23F3N8OS. The molecule has 2 bridgehead atoms. The first-order valence-electron chi connectivity index (χ1n) is 11.9. The lowest BCUT2D eigenvalue weighted by atomic mass is 9.64. The standard InChI is InChI=1S/C24H23F3N8OS/c1-12-3-5-17(35-29-7-8-30-35)20(31-12)22(36)34-15-9-14(10-15)13(2)18(34)11-28-23-32-16-4-6-19(24(25,26)27)33-21(16)37-23/h3-8,13-15,18H,9-11H2,1-2H3,(H,28,32). The molecule has 13 heteroatoms. The fraction of sp³-hybridized carbons (Fsp3) is 0.417. The number of hydrogen-bond donors (Lipinski definition) is 1. The average molecular weight is 529 g/mol. The summed E-state index contributed by atoms with van der Waals surface area (Å²) in [5.74, 6) is 0.561. The summed E-state index contributed by atoms with van der Waals surface area (Å²) in [6.45, 7) is 4.38. The number of alkyl halides is 3. The van der Waals surface area contributed by atoms with E-state index in [0.717, 1.165) is 30.2 Å². The van der Waals surface area contributed by atoms with Crippen molar-refractivity contribution in [2.75, 3.05) is 11.9 Å². The molecule has 1 aliphatic carbocycles. The van der Waals surface area contributed by atoms with Crippen LogP contribution >= 0.6 is 11.3 Å². The smallest absolute Gasteiger partial charge is 0.359 e. The van der Waals surface area contributed by atoms with Crippen LogP contribution in [0.5, 0.6) is 0 Å². The van der Waals surface area contributed by atoms with E-state index in [9.17, 15) is 18.0 Å². The Morgan fingerprint density at radius 1 is 1.11 bits per heavy atom. The van der Waals surface area contributed by atoms with Gasteiger partial charge in [-0.25, -0.2) is 15.0 Å². The van der Waals surface area contributed by atoms with Crippen LogP contribution in [0.15, 0.2) is 36.7 Å². The van der Waals surface area contributed by atoms with Crippen LogP contribution in [0, 0.1) is 18.8 Å². The molecule has 1 saturated carbocycles. The predicted molar refractivity (Wildman–Crippen MR) is 130 cm³/mol. The third-order valence-corrected chi connectivity index (χ3v) is 8.27. The molecule has 9 nitrogen and oxygen atoms in total. The molecule has 3 aliphatic rings. The minimum Gasteiger partial charge on any atom is -0.359 e. The monoisotopic (exact) mass is 528 g/mol. The quantitative estimate of drug-likeness (QED) is 0.411. The molecule has 7 rings (SSSR count). The van der Waals surface area contributed by atoms with E-state index in [0.29, 0.717) is 40.2 Å². The number of aromatic nitrogens is 6. The first-order chi connectivity index (χ1) is 17.7. The van der Waals surface area contributed by atoms with Crippen LogP contribution in [0.4, 0.5) is 18.3 Å². The summed E-state index contributed by atoms with van der Waals surface area (Å²) in [7, 11) is 0. The Labute approximate surface area is 213 Å². The van der Waals surface area contributed by atoms with Gasteiger partial charge in [0.2, 0.25) is 0 Å². The van der Waals surface area contributed by atoms with Gasteiger partial charge in [0.1, 0.15) is 21.7 Å². The Bertz CT molecular complexity index is 1460. The predicted octanol–water partition coefficient (Wildman–Crippen LogP) is 4.35. The number of carbonyl (C=O) groups excluding carboxylic acids is 1. The Morgan fingerprint density at radius 3 is 2.59 bits per heavy atom. The lowest BCUT2D eigenvalue weighted by molar-refractivity contribution is -0.140. The maximum atomic E-state index is 14.0. The van der Waals surface area contributed by atoms with Gasteiger partial charge in [-0.1, -0.05) is 18.3 Å². The van der Waals surface area contributed by atoms with Crippen LogP contribution in [-0.2, 0) is 6.18 Å². The number of amides is 1. The van der Waals surface area contributed by atoms with Gasteiger partial charge in [0.25, 0.3) is 5.91 Å². The molecule has 2 aliphatic heterocycles. The van der Waals surface area contributed by atoms with E-state index in [2.05, 4.69) is 37.4 Å². The van der Waals surface area contributed by atoms with Crippen molar-refractivity contribution in [1.82, 2.24) is 34.8 Å². The van der Waals surface area contributed by atoms with Gasteiger partial charge in [-0.2, -0.15) is 23.4 Å². The number of pyridine rings is 2. The maximum Gasteiger partial charge on any atom is 0.433 e. The Hall–Kier alpha value is -3.61. The highest BCUT2D eigenvalue weighted by Crippen LogP contribution is 2.47. The number of carbonyl (C=O) groups is 1. The zero-order valence-electron chi connectivity index (χ0n) is 20.0. The van der Waals surface area contributed by atoms with E-state index in [1.54, 1.807) is 18.5 Å². The summed E-state index contributed by atoms with van der Waals surface area (Å²) in [5.41, 5.74) is 0.974. The fourth-order valence-electron chi connectivity index (χ4n) is 5.30. The van der Waals surface area contributed by atoms with Gasteiger partial charge in [0.15, 0.2) is 10.8 Å². The zero-order chi connectivity index (χ0) is 25.9. The topological polar surface area (TPSA) is 102 Å². The molecule has 192 valence electrons. The van der Waals surface area contributed by atoms with Crippen molar-refractivity contribution in [3.8, 4) is 5.69 Å². The summed E-state index contributed by atoms with van der Waals surface area (Å²) >= 11 is 1.07. The van der Waals surface area contributed by atoms with Crippen LogP contribution in [0.2, 0.25) is 0 Å². The van der Waals surface area contributed by atoms with Crippen LogP contribution in [0.3, 0.4) is 0 Å². The number of aryl methyl sites for hydroxylation is 1. The molecule has 3 fully saturated rings. The number of anilines is 1. The number of piperidine rings is 2. The van der Waals surface area contributed by atoms with Gasteiger partial charge in [0.05, 0.1) is 18.4 Å². The van der Waals surface area contributed by atoms with Gasteiger partial charge < -0.3 is 10.2 Å². The van der Waals surface area contributed by atoms with Gasteiger partial charge >= 0.3 is 6.18 Å². The second-order valence-corrected chi connectivity index (χ2v) is 10.6. The largest absolute Gasteiger partial charge is 0.433 e. The average Bonchev–Trinajstić information content (AvgIpc) is 3.50. The molecule has 2 saturated heterocycles. The lowest BCUT2D eigenvalue weighted by Gasteiger charge is -2.57. The number of fused-ring (bicyclic) bond motifs is 3. The van der Waals surface area contributed by atoms with Crippen molar-refractivity contribution >= 4 is 32.7 Å².